The summed E-state index contributed by atoms with van der Waals surface area (Å²) in [5.74, 6) is 0.792. The molecule has 2 aliphatic rings. The average Bonchev–Trinajstić information content (AvgIpc) is 3.06. The van der Waals surface area contributed by atoms with Gasteiger partial charge in [0.1, 0.15) is 5.75 Å². The Kier molecular flexibility index (Phi) is 3.47. The first kappa shape index (κ1) is 14.7. The van der Waals surface area contributed by atoms with Gasteiger partial charge in [0.2, 0.25) is 5.91 Å². The van der Waals surface area contributed by atoms with E-state index in [2.05, 4.69) is 5.32 Å². The maximum absolute atomic E-state index is 12.8. The van der Waals surface area contributed by atoms with Crippen LogP contribution in [0.5, 0.6) is 5.75 Å². The number of nitrogens with zero attached hydrogens (tertiary/aromatic N) is 2. The number of rotatable bonds is 2. The largest absolute Gasteiger partial charge is 0.497 e. The van der Waals surface area contributed by atoms with E-state index in [4.69, 9.17) is 4.74 Å². The second-order valence-electron chi connectivity index (χ2n) is 5.84. The number of fused-ring (bicyclic) bond motifs is 2. The van der Waals surface area contributed by atoms with Crippen molar-refractivity contribution >= 4 is 17.6 Å². The quantitative estimate of drug-likeness (QED) is 0.897. The molecule has 118 valence electrons. The molecule has 1 aromatic carbocycles. The number of anilines is 1. The smallest absolute Gasteiger partial charge is 0.317 e. The van der Waals surface area contributed by atoms with E-state index >= 15 is 0 Å². The summed E-state index contributed by atoms with van der Waals surface area (Å²) in [4.78, 5) is 28.3. The Hall–Kier alpha value is -2.24. The van der Waals surface area contributed by atoms with Crippen LogP contribution in [-0.2, 0) is 10.2 Å². The maximum atomic E-state index is 12.8. The minimum absolute atomic E-state index is 0.0579. The van der Waals surface area contributed by atoms with E-state index in [1.807, 2.05) is 25.1 Å². The van der Waals surface area contributed by atoms with Gasteiger partial charge in [-0.1, -0.05) is 0 Å². The van der Waals surface area contributed by atoms with Gasteiger partial charge in [0.25, 0.3) is 0 Å². The Morgan fingerprint density at radius 3 is 2.91 bits per heavy atom. The van der Waals surface area contributed by atoms with Crippen molar-refractivity contribution in [2.75, 3.05) is 38.7 Å². The highest BCUT2D eigenvalue weighted by Crippen LogP contribution is 2.47. The van der Waals surface area contributed by atoms with E-state index < -0.39 is 5.41 Å². The number of ether oxygens (including phenoxy) is 1. The molecule has 2 aliphatic heterocycles. The molecule has 2 heterocycles. The summed E-state index contributed by atoms with van der Waals surface area (Å²) in [6, 6.07) is 5.59. The third kappa shape index (κ3) is 1.94. The highest BCUT2D eigenvalue weighted by atomic mass is 16.5. The molecule has 1 aromatic rings. The SMILES string of the molecule is CCNC(=O)N1CC[C@]2(C1)C(=O)N(C)c1ccc(OC)cc12. The van der Waals surface area contributed by atoms with E-state index in [-0.39, 0.29) is 11.9 Å². The number of methoxy groups -OCH3 is 1. The molecule has 3 rings (SSSR count). The van der Waals surface area contributed by atoms with Crippen molar-refractivity contribution in [1.29, 1.82) is 0 Å². The van der Waals surface area contributed by atoms with Gasteiger partial charge in [-0.2, -0.15) is 0 Å². The number of carbonyl (C=O) groups excluding carboxylic acids is 2. The summed E-state index contributed by atoms with van der Waals surface area (Å²) in [5.41, 5.74) is 1.23. The predicted molar refractivity (Wildman–Crippen MR) is 83.3 cm³/mol. The predicted octanol–water partition coefficient (Wildman–Crippen LogP) is 1.34. The number of carbonyl (C=O) groups is 2. The molecule has 0 radical (unpaired) electrons. The molecule has 0 aliphatic carbocycles. The Balaban J connectivity index is 1.98. The van der Waals surface area contributed by atoms with Crippen LogP contribution in [0.1, 0.15) is 18.9 Å². The minimum atomic E-state index is -0.635. The molecule has 1 atom stereocenters. The summed E-state index contributed by atoms with van der Waals surface area (Å²) in [6.07, 6.45) is 0.646. The monoisotopic (exact) mass is 303 g/mol. The number of likely N-dealkylation sites (N-methyl/N-ethyl adjacent to an activating group) is 1. The zero-order chi connectivity index (χ0) is 15.9. The van der Waals surface area contributed by atoms with Crippen molar-refractivity contribution in [2.45, 2.75) is 18.8 Å². The molecule has 6 nitrogen and oxygen atoms in total. The van der Waals surface area contributed by atoms with Crippen LogP contribution in [0.3, 0.4) is 0 Å². The number of urea groups is 1. The van der Waals surface area contributed by atoms with E-state index in [0.29, 0.717) is 26.1 Å². The number of nitrogens with one attached hydrogen (secondary N) is 1. The lowest BCUT2D eigenvalue weighted by molar-refractivity contribution is -0.122. The fraction of sp³-hybridized carbons (Fsp3) is 0.500. The Labute approximate surface area is 130 Å². The Morgan fingerprint density at radius 2 is 2.23 bits per heavy atom. The molecule has 22 heavy (non-hydrogen) atoms. The van der Waals surface area contributed by atoms with Gasteiger partial charge in [0, 0.05) is 32.4 Å². The molecule has 3 amide bonds. The van der Waals surface area contributed by atoms with Crippen LogP contribution in [-0.4, -0.2) is 50.6 Å². The molecule has 0 unspecified atom stereocenters. The molecule has 1 saturated heterocycles. The first-order chi connectivity index (χ1) is 10.5. The highest BCUT2D eigenvalue weighted by Gasteiger charge is 2.54. The molecule has 0 bridgehead atoms. The lowest BCUT2D eigenvalue weighted by Crippen LogP contribution is -2.44. The molecule has 0 aromatic heterocycles. The van der Waals surface area contributed by atoms with Crippen molar-refractivity contribution in [3.63, 3.8) is 0 Å². The van der Waals surface area contributed by atoms with Gasteiger partial charge in [0.05, 0.1) is 12.5 Å². The van der Waals surface area contributed by atoms with Crippen LogP contribution in [0, 0.1) is 0 Å². The van der Waals surface area contributed by atoms with E-state index in [1.165, 1.54) is 0 Å². The van der Waals surface area contributed by atoms with Crippen LogP contribution in [0.15, 0.2) is 18.2 Å². The molecule has 6 heteroatoms. The van der Waals surface area contributed by atoms with E-state index in [9.17, 15) is 9.59 Å². The summed E-state index contributed by atoms with van der Waals surface area (Å²) >= 11 is 0. The topological polar surface area (TPSA) is 61.9 Å². The van der Waals surface area contributed by atoms with E-state index in [0.717, 1.165) is 17.0 Å². The highest BCUT2D eigenvalue weighted by molar-refractivity contribution is 6.08. The third-order valence-electron chi connectivity index (χ3n) is 4.68. The zero-order valence-electron chi connectivity index (χ0n) is 13.2. The lowest BCUT2D eigenvalue weighted by atomic mass is 9.81. The van der Waals surface area contributed by atoms with Crippen molar-refractivity contribution < 1.29 is 14.3 Å². The number of hydrogen-bond donors (Lipinski definition) is 1. The standard InChI is InChI=1S/C16H21N3O3/c1-4-17-15(21)19-8-7-16(10-19)12-9-11(22-3)5-6-13(12)18(2)14(16)20/h5-6,9H,4,7-8,10H2,1-3H3,(H,17,21)/t16-/m1/s1. The van der Waals surface area contributed by atoms with Crippen LogP contribution in [0.4, 0.5) is 10.5 Å². The lowest BCUT2D eigenvalue weighted by Gasteiger charge is -2.23. The summed E-state index contributed by atoms with van der Waals surface area (Å²) < 4.78 is 5.30. The van der Waals surface area contributed by atoms with Crippen molar-refractivity contribution in [1.82, 2.24) is 10.2 Å². The molecule has 0 saturated carbocycles. The second-order valence-corrected chi connectivity index (χ2v) is 5.84. The van der Waals surface area contributed by atoms with Gasteiger partial charge >= 0.3 is 6.03 Å². The van der Waals surface area contributed by atoms with Gasteiger partial charge in [-0.05, 0) is 37.1 Å². The molecule has 1 fully saturated rings. The molecule has 1 spiro atoms. The first-order valence-electron chi connectivity index (χ1n) is 7.53. The number of benzene rings is 1. The van der Waals surface area contributed by atoms with Crippen molar-refractivity contribution in [3.05, 3.63) is 23.8 Å². The Bertz CT molecular complexity index is 631. The van der Waals surface area contributed by atoms with Crippen LogP contribution in [0.2, 0.25) is 0 Å². The second kappa shape index (κ2) is 5.19. The van der Waals surface area contributed by atoms with Gasteiger partial charge in [0.15, 0.2) is 0 Å². The van der Waals surface area contributed by atoms with Gasteiger partial charge < -0.3 is 19.9 Å². The normalized spacial score (nSPS) is 23.1. The third-order valence-corrected chi connectivity index (χ3v) is 4.68. The fourth-order valence-corrected chi connectivity index (χ4v) is 3.50. The molecule has 1 N–H and O–H groups in total. The number of hydrogen-bond acceptors (Lipinski definition) is 3. The van der Waals surface area contributed by atoms with Gasteiger partial charge in [-0.3, -0.25) is 4.79 Å². The van der Waals surface area contributed by atoms with Crippen LogP contribution < -0.4 is 15.0 Å². The zero-order valence-corrected chi connectivity index (χ0v) is 13.2. The maximum Gasteiger partial charge on any atom is 0.317 e. The van der Waals surface area contributed by atoms with Crippen molar-refractivity contribution in [2.24, 2.45) is 0 Å². The minimum Gasteiger partial charge on any atom is -0.497 e. The summed E-state index contributed by atoms with van der Waals surface area (Å²) in [6.45, 7) is 3.48. The first-order valence-corrected chi connectivity index (χ1v) is 7.53. The van der Waals surface area contributed by atoms with Gasteiger partial charge in [-0.25, -0.2) is 4.79 Å². The molecular formula is C16H21N3O3. The number of amides is 3. The van der Waals surface area contributed by atoms with Gasteiger partial charge in [-0.15, -0.1) is 0 Å². The van der Waals surface area contributed by atoms with E-state index in [1.54, 1.807) is 24.0 Å². The van der Waals surface area contributed by atoms with Crippen LogP contribution in [0.25, 0.3) is 0 Å². The van der Waals surface area contributed by atoms with Crippen molar-refractivity contribution in [3.8, 4) is 5.75 Å². The Morgan fingerprint density at radius 1 is 1.45 bits per heavy atom. The molecular weight excluding hydrogens is 282 g/mol. The fourth-order valence-electron chi connectivity index (χ4n) is 3.50. The number of likely N-dealkylation sites (tertiary alicyclic amines) is 1. The van der Waals surface area contributed by atoms with Crippen LogP contribution >= 0.6 is 0 Å². The average molecular weight is 303 g/mol. The summed E-state index contributed by atoms with van der Waals surface area (Å²) in [7, 11) is 3.40. The summed E-state index contributed by atoms with van der Waals surface area (Å²) in [5, 5.41) is 2.80.